The third-order valence-electron chi connectivity index (χ3n) is 10.7. The number of rotatable bonds is 47. The summed E-state index contributed by atoms with van der Waals surface area (Å²) in [6.07, 6.45) is 73.8. The fraction of sp³-hybridized carbons (Fsp3) is 0.661. The van der Waals surface area contributed by atoms with Gasteiger partial charge in [0.25, 0.3) is 0 Å². The molecule has 0 aromatic heterocycles. The number of hydrogen-bond donors (Lipinski definition) is 0. The first-order chi connectivity index (χ1) is 31.6. The standard InChI is InChI=1S/C59H98O5/c1-4-7-10-13-16-19-22-25-28-29-30-31-33-34-37-40-43-46-49-52-58(60)63-56-57(55-62-54-51-48-45-42-39-36-27-24-21-18-15-12-9-6-3)64-59(61)53-50-47-44-41-38-35-32-26-23-20-17-14-11-8-5-2/h8,11-12,15-17,19-21,24-26,28,30-32,38,41,57H,4-7,9-10,13-14,18,22-23,27,29,33-37,39-40,42-56H2,1-3H3/b11-8-,15-12-,19-16-,20-17-,24-21-,28-25-,31-30-,32-26-,41-38-. The lowest BCUT2D eigenvalue weighted by molar-refractivity contribution is -0.163. The summed E-state index contributed by atoms with van der Waals surface area (Å²) in [4.78, 5) is 25.4. The van der Waals surface area contributed by atoms with Gasteiger partial charge in [0.1, 0.15) is 6.61 Å². The monoisotopic (exact) mass is 887 g/mol. The Morgan fingerprint density at radius 3 is 1.22 bits per heavy atom. The van der Waals surface area contributed by atoms with Gasteiger partial charge in [0.15, 0.2) is 6.10 Å². The van der Waals surface area contributed by atoms with E-state index in [9.17, 15) is 9.59 Å². The predicted octanol–water partition coefficient (Wildman–Crippen LogP) is 18.0. The fourth-order valence-corrected chi connectivity index (χ4v) is 6.84. The van der Waals surface area contributed by atoms with Gasteiger partial charge < -0.3 is 14.2 Å². The summed E-state index contributed by atoms with van der Waals surface area (Å²) < 4.78 is 17.4. The Bertz CT molecular complexity index is 1280. The van der Waals surface area contributed by atoms with Crippen LogP contribution in [0.25, 0.3) is 0 Å². The van der Waals surface area contributed by atoms with Gasteiger partial charge in [-0.3, -0.25) is 9.59 Å². The maximum absolute atomic E-state index is 12.8. The van der Waals surface area contributed by atoms with Crippen LogP contribution in [0.1, 0.15) is 226 Å². The molecule has 364 valence electrons. The summed E-state index contributed by atoms with van der Waals surface area (Å²) in [5.74, 6) is -0.471. The lowest BCUT2D eigenvalue weighted by atomic mass is 10.1. The van der Waals surface area contributed by atoms with Gasteiger partial charge in [-0.05, 0) is 122 Å². The van der Waals surface area contributed by atoms with E-state index in [1.807, 2.05) is 0 Å². The summed E-state index contributed by atoms with van der Waals surface area (Å²) in [5, 5.41) is 0. The summed E-state index contributed by atoms with van der Waals surface area (Å²) >= 11 is 0. The summed E-state index contributed by atoms with van der Waals surface area (Å²) in [5.41, 5.74) is 0. The highest BCUT2D eigenvalue weighted by Crippen LogP contribution is 2.12. The van der Waals surface area contributed by atoms with Crippen LogP contribution in [0.4, 0.5) is 0 Å². The van der Waals surface area contributed by atoms with Crippen molar-refractivity contribution >= 4 is 11.9 Å². The highest BCUT2D eigenvalue weighted by atomic mass is 16.6. The van der Waals surface area contributed by atoms with Gasteiger partial charge >= 0.3 is 11.9 Å². The van der Waals surface area contributed by atoms with Crippen LogP contribution in [0, 0.1) is 0 Å². The molecule has 0 aliphatic heterocycles. The number of allylic oxidation sites excluding steroid dienone is 18. The molecule has 0 N–H and O–H groups in total. The number of unbranched alkanes of at least 4 members (excludes halogenated alkanes) is 18. The van der Waals surface area contributed by atoms with Crippen LogP contribution in [0.3, 0.4) is 0 Å². The molecule has 0 amide bonds. The summed E-state index contributed by atoms with van der Waals surface area (Å²) in [6, 6.07) is 0. The Labute approximate surface area is 395 Å². The van der Waals surface area contributed by atoms with Crippen molar-refractivity contribution < 1.29 is 23.8 Å². The lowest BCUT2D eigenvalue weighted by Crippen LogP contribution is -2.30. The van der Waals surface area contributed by atoms with Crippen LogP contribution < -0.4 is 0 Å². The zero-order valence-corrected chi connectivity index (χ0v) is 41.8. The number of carbonyl (C=O) groups excluding carboxylic acids is 2. The predicted molar refractivity (Wildman–Crippen MR) is 279 cm³/mol. The first-order valence-corrected chi connectivity index (χ1v) is 26.4. The molecule has 0 aliphatic carbocycles. The van der Waals surface area contributed by atoms with E-state index >= 15 is 0 Å². The van der Waals surface area contributed by atoms with Crippen molar-refractivity contribution in [1.82, 2.24) is 0 Å². The molecule has 0 fully saturated rings. The second-order valence-electron chi connectivity index (χ2n) is 17.0. The van der Waals surface area contributed by atoms with Gasteiger partial charge in [-0.1, -0.05) is 201 Å². The van der Waals surface area contributed by atoms with Crippen LogP contribution in [0.15, 0.2) is 109 Å². The number of hydrogen-bond acceptors (Lipinski definition) is 5. The second kappa shape index (κ2) is 53.9. The molecule has 64 heavy (non-hydrogen) atoms. The average molecular weight is 887 g/mol. The van der Waals surface area contributed by atoms with E-state index in [4.69, 9.17) is 14.2 Å². The zero-order chi connectivity index (χ0) is 46.3. The third kappa shape index (κ3) is 51.2. The molecule has 5 heteroatoms. The van der Waals surface area contributed by atoms with Gasteiger partial charge in [0.2, 0.25) is 0 Å². The molecule has 0 saturated carbocycles. The van der Waals surface area contributed by atoms with Gasteiger partial charge in [0.05, 0.1) is 6.61 Å². The SMILES string of the molecule is CC/C=C\C/C=C\C/C=C\C/C=C\CCCCC(=O)OC(COCCCCCCCC/C=C\C/C=C\CCC)COC(=O)CCCCCCCC/C=C\C/C=C\C/C=C\CCCCC. The maximum Gasteiger partial charge on any atom is 0.306 e. The van der Waals surface area contributed by atoms with Crippen LogP contribution in [0.2, 0.25) is 0 Å². The molecular weight excluding hydrogens is 789 g/mol. The van der Waals surface area contributed by atoms with Crippen molar-refractivity contribution in [2.75, 3.05) is 19.8 Å². The zero-order valence-electron chi connectivity index (χ0n) is 41.8. The molecule has 0 aromatic carbocycles. The topological polar surface area (TPSA) is 61.8 Å². The molecule has 0 aliphatic rings. The molecule has 1 atom stereocenters. The van der Waals surface area contributed by atoms with Crippen molar-refractivity contribution in [2.24, 2.45) is 0 Å². The molecule has 0 spiro atoms. The molecule has 0 rings (SSSR count). The van der Waals surface area contributed by atoms with Gasteiger partial charge in [-0.15, -0.1) is 0 Å². The third-order valence-corrected chi connectivity index (χ3v) is 10.7. The number of carbonyl (C=O) groups is 2. The summed E-state index contributed by atoms with van der Waals surface area (Å²) in [7, 11) is 0. The number of ether oxygens (including phenoxy) is 3. The van der Waals surface area contributed by atoms with Crippen molar-refractivity contribution in [2.45, 2.75) is 232 Å². The van der Waals surface area contributed by atoms with E-state index < -0.39 is 6.10 Å². The maximum atomic E-state index is 12.8. The smallest absolute Gasteiger partial charge is 0.306 e. The molecular formula is C59H98O5. The van der Waals surface area contributed by atoms with Gasteiger partial charge in [-0.25, -0.2) is 0 Å². The van der Waals surface area contributed by atoms with Crippen LogP contribution >= 0.6 is 0 Å². The van der Waals surface area contributed by atoms with Crippen LogP contribution in [-0.4, -0.2) is 37.9 Å². The molecule has 0 radical (unpaired) electrons. The highest BCUT2D eigenvalue weighted by Gasteiger charge is 2.17. The Kier molecular flexibility index (Phi) is 51.0. The second-order valence-corrected chi connectivity index (χ2v) is 17.0. The van der Waals surface area contributed by atoms with E-state index in [1.165, 1.54) is 83.5 Å². The van der Waals surface area contributed by atoms with E-state index in [0.29, 0.717) is 19.4 Å². The molecule has 0 heterocycles. The van der Waals surface area contributed by atoms with Crippen LogP contribution in [-0.2, 0) is 23.8 Å². The first kappa shape index (κ1) is 60.6. The van der Waals surface area contributed by atoms with E-state index in [0.717, 1.165) is 109 Å². The summed E-state index contributed by atoms with van der Waals surface area (Å²) in [6.45, 7) is 7.54. The molecule has 0 bridgehead atoms. The highest BCUT2D eigenvalue weighted by molar-refractivity contribution is 5.70. The Morgan fingerprint density at radius 2 is 0.734 bits per heavy atom. The van der Waals surface area contributed by atoms with E-state index in [1.54, 1.807) is 0 Å². The van der Waals surface area contributed by atoms with Crippen molar-refractivity contribution in [1.29, 1.82) is 0 Å². The van der Waals surface area contributed by atoms with Crippen molar-refractivity contribution in [3.63, 3.8) is 0 Å². The Balaban J connectivity index is 4.38. The minimum atomic E-state index is -0.576. The lowest BCUT2D eigenvalue weighted by Gasteiger charge is -2.18. The minimum Gasteiger partial charge on any atom is -0.462 e. The fourth-order valence-electron chi connectivity index (χ4n) is 6.84. The van der Waals surface area contributed by atoms with E-state index in [-0.39, 0.29) is 25.2 Å². The largest absolute Gasteiger partial charge is 0.462 e. The van der Waals surface area contributed by atoms with Crippen LogP contribution in [0.5, 0.6) is 0 Å². The van der Waals surface area contributed by atoms with Gasteiger partial charge in [-0.2, -0.15) is 0 Å². The number of esters is 2. The molecule has 0 saturated heterocycles. The minimum absolute atomic E-state index is 0.0511. The molecule has 0 aromatic rings. The van der Waals surface area contributed by atoms with Crippen molar-refractivity contribution in [3.05, 3.63) is 109 Å². The Morgan fingerprint density at radius 1 is 0.359 bits per heavy atom. The van der Waals surface area contributed by atoms with E-state index in [2.05, 4.69) is 130 Å². The Hall–Kier alpha value is -3.44. The quantitative estimate of drug-likeness (QED) is 0.0346. The normalized spacial score (nSPS) is 13.1. The first-order valence-electron chi connectivity index (χ1n) is 26.4. The van der Waals surface area contributed by atoms with Crippen molar-refractivity contribution in [3.8, 4) is 0 Å². The average Bonchev–Trinajstić information content (AvgIpc) is 3.30. The molecule has 1 unspecified atom stereocenters. The molecule has 5 nitrogen and oxygen atoms in total. The van der Waals surface area contributed by atoms with Gasteiger partial charge in [0, 0.05) is 19.4 Å².